The number of anilines is 1. The summed E-state index contributed by atoms with van der Waals surface area (Å²) in [4.78, 5) is 0.0792. The van der Waals surface area contributed by atoms with Gasteiger partial charge in [-0.1, -0.05) is 13.8 Å². The van der Waals surface area contributed by atoms with E-state index in [9.17, 15) is 21.6 Å². The lowest BCUT2D eigenvalue weighted by atomic mass is 10.0. The topological polar surface area (TPSA) is 64.4 Å². The van der Waals surface area contributed by atoms with Crippen molar-refractivity contribution in [2.75, 3.05) is 24.1 Å². The van der Waals surface area contributed by atoms with E-state index in [0.29, 0.717) is 11.3 Å². The van der Waals surface area contributed by atoms with E-state index in [0.717, 1.165) is 50.2 Å². The van der Waals surface area contributed by atoms with Gasteiger partial charge in [0, 0.05) is 31.7 Å². The molecule has 6 nitrogen and oxygen atoms in total. The van der Waals surface area contributed by atoms with E-state index in [1.807, 2.05) is 18.5 Å². The minimum atomic E-state index is -4.50. The molecule has 35 heavy (non-hydrogen) atoms. The minimum absolute atomic E-state index is 0.0441. The summed E-state index contributed by atoms with van der Waals surface area (Å²) in [6.07, 6.45) is -0.917. The molecular formula is C25H30F3N3O3S. The predicted molar refractivity (Wildman–Crippen MR) is 129 cm³/mol. The maximum atomic E-state index is 13.7. The summed E-state index contributed by atoms with van der Waals surface area (Å²) in [7, 11) is -4.03. The van der Waals surface area contributed by atoms with Crippen molar-refractivity contribution in [3.05, 3.63) is 53.7 Å². The van der Waals surface area contributed by atoms with Crippen molar-refractivity contribution < 1.29 is 26.3 Å². The molecule has 3 aromatic rings. The molecule has 10 heteroatoms. The molecule has 1 fully saturated rings. The number of aryl methyl sites for hydroxylation is 1. The van der Waals surface area contributed by atoms with Gasteiger partial charge in [0.2, 0.25) is 0 Å². The quantitative estimate of drug-likeness (QED) is 0.413. The molecule has 1 aliphatic heterocycles. The number of hydrogen-bond donors (Lipinski definition) is 0. The van der Waals surface area contributed by atoms with Crippen LogP contribution in [0.15, 0.2) is 47.5 Å². The normalized spacial score (nSPS) is 15.7. The van der Waals surface area contributed by atoms with Gasteiger partial charge in [-0.05, 0) is 73.6 Å². The SMILES string of the molecule is Cc1cc(C(F)(F)F)ccc1N(CC(C)C)S(=O)(=O)c1ccc2c(cnn2CC2CCOCC2)c1. The monoisotopic (exact) mass is 509 g/mol. The Hall–Kier alpha value is -2.59. The van der Waals surface area contributed by atoms with Crippen LogP contribution in [-0.4, -0.2) is 38.0 Å². The molecule has 4 rings (SSSR count). The van der Waals surface area contributed by atoms with Crippen LogP contribution in [-0.2, 0) is 27.5 Å². The summed E-state index contributed by atoms with van der Waals surface area (Å²) in [6, 6.07) is 8.04. The van der Waals surface area contributed by atoms with Crippen LogP contribution < -0.4 is 4.31 Å². The van der Waals surface area contributed by atoms with Gasteiger partial charge < -0.3 is 4.74 Å². The highest BCUT2D eigenvalue weighted by molar-refractivity contribution is 7.92. The lowest BCUT2D eigenvalue weighted by Gasteiger charge is -2.28. The summed E-state index contributed by atoms with van der Waals surface area (Å²) in [5.74, 6) is 0.414. The fourth-order valence-electron chi connectivity index (χ4n) is 4.44. The fraction of sp³-hybridized carbons (Fsp3) is 0.480. The number of halogens is 3. The number of alkyl halides is 3. The molecule has 0 atom stereocenters. The van der Waals surface area contributed by atoms with Crippen molar-refractivity contribution in [1.82, 2.24) is 9.78 Å². The molecule has 1 aromatic heterocycles. The van der Waals surface area contributed by atoms with Gasteiger partial charge >= 0.3 is 6.18 Å². The molecule has 1 saturated heterocycles. The van der Waals surface area contributed by atoms with Crippen LogP contribution in [0.4, 0.5) is 18.9 Å². The van der Waals surface area contributed by atoms with Gasteiger partial charge in [0.15, 0.2) is 0 Å². The van der Waals surface area contributed by atoms with Crippen LogP contribution in [0.5, 0.6) is 0 Å². The molecule has 2 aromatic carbocycles. The first kappa shape index (κ1) is 25.5. The third-order valence-corrected chi connectivity index (χ3v) is 8.07. The minimum Gasteiger partial charge on any atom is -0.381 e. The summed E-state index contributed by atoms with van der Waals surface area (Å²) < 4.78 is 75.5. The van der Waals surface area contributed by atoms with E-state index in [-0.39, 0.29) is 28.6 Å². The van der Waals surface area contributed by atoms with Gasteiger partial charge in [0.25, 0.3) is 10.0 Å². The van der Waals surface area contributed by atoms with Crippen LogP contribution in [0, 0.1) is 18.8 Å². The zero-order valence-electron chi connectivity index (χ0n) is 20.0. The number of nitrogens with zero attached hydrogens (tertiary/aromatic N) is 3. The molecule has 0 radical (unpaired) electrons. The maximum absolute atomic E-state index is 13.7. The van der Waals surface area contributed by atoms with Crippen LogP contribution in [0.25, 0.3) is 10.9 Å². The highest BCUT2D eigenvalue weighted by Crippen LogP contribution is 2.35. The van der Waals surface area contributed by atoms with Gasteiger partial charge in [0.05, 0.1) is 27.9 Å². The van der Waals surface area contributed by atoms with Crippen LogP contribution in [0.1, 0.15) is 37.8 Å². The smallest absolute Gasteiger partial charge is 0.381 e. The van der Waals surface area contributed by atoms with E-state index < -0.39 is 21.8 Å². The molecule has 0 saturated carbocycles. The Morgan fingerprint density at radius 1 is 1.14 bits per heavy atom. The molecule has 1 aliphatic rings. The predicted octanol–water partition coefficient (Wildman–Crippen LogP) is 5.64. The average Bonchev–Trinajstić information content (AvgIpc) is 3.19. The third-order valence-electron chi connectivity index (χ3n) is 6.30. The van der Waals surface area contributed by atoms with Crippen molar-refractivity contribution in [2.45, 2.75) is 51.2 Å². The van der Waals surface area contributed by atoms with Crippen molar-refractivity contribution in [2.24, 2.45) is 11.8 Å². The number of ether oxygens (including phenoxy) is 1. The number of aromatic nitrogens is 2. The van der Waals surface area contributed by atoms with Gasteiger partial charge in [0.1, 0.15) is 0 Å². The fourth-order valence-corrected chi connectivity index (χ4v) is 6.17. The second-order valence-electron chi connectivity index (χ2n) is 9.53. The van der Waals surface area contributed by atoms with Crippen LogP contribution >= 0.6 is 0 Å². The number of hydrogen-bond acceptors (Lipinski definition) is 4. The van der Waals surface area contributed by atoms with Crippen LogP contribution in [0.3, 0.4) is 0 Å². The highest BCUT2D eigenvalue weighted by atomic mass is 32.2. The molecular weight excluding hydrogens is 479 g/mol. The number of benzene rings is 2. The first-order valence-electron chi connectivity index (χ1n) is 11.7. The second kappa shape index (κ2) is 9.81. The van der Waals surface area contributed by atoms with Crippen molar-refractivity contribution >= 4 is 26.6 Å². The van der Waals surface area contributed by atoms with E-state index in [2.05, 4.69) is 5.10 Å². The lowest BCUT2D eigenvalue weighted by molar-refractivity contribution is -0.137. The highest BCUT2D eigenvalue weighted by Gasteiger charge is 2.33. The van der Waals surface area contributed by atoms with Gasteiger partial charge in [-0.15, -0.1) is 0 Å². The number of sulfonamides is 1. The molecule has 0 amide bonds. The molecule has 0 unspecified atom stereocenters. The Morgan fingerprint density at radius 2 is 1.86 bits per heavy atom. The number of rotatable bonds is 7. The zero-order valence-corrected chi connectivity index (χ0v) is 20.9. The Kier molecular flexibility index (Phi) is 7.15. The third kappa shape index (κ3) is 5.48. The van der Waals surface area contributed by atoms with E-state index in [4.69, 9.17) is 4.74 Å². The summed E-state index contributed by atoms with van der Waals surface area (Å²) >= 11 is 0. The second-order valence-corrected chi connectivity index (χ2v) is 11.4. The largest absolute Gasteiger partial charge is 0.416 e. The van der Waals surface area contributed by atoms with Crippen LogP contribution in [0.2, 0.25) is 0 Å². The molecule has 0 aliphatic carbocycles. The Morgan fingerprint density at radius 3 is 2.49 bits per heavy atom. The van der Waals surface area contributed by atoms with E-state index >= 15 is 0 Å². The molecule has 0 N–H and O–H groups in total. The van der Waals surface area contributed by atoms with Gasteiger partial charge in [-0.2, -0.15) is 18.3 Å². The first-order chi connectivity index (χ1) is 16.5. The Labute approximate surface area is 203 Å². The first-order valence-corrected chi connectivity index (χ1v) is 13.1. The Balaban J connectivity index is 1.69. The zero-order chi connectivity index (χ0) is 25.4. The lowest BCUT2D eigenvalue weighted by Crippen LogP contribution is -2.35. The molecule has 190 valence electrons. The van der Waals surface area contributed by atoms with E-state index in [1.165, 1.54) is 17.3 Å². The van der Waals surface area contributed by atoms with Crippen molar-refractivity contribution in [3.63, 3.8) is 0 Å². The molecule has 2 heterocycles. The van der Waals surface area contributed by atoms with Crippen molar-refractivity contribution in [1.29, 1.82) is 0 Å². The van der Waals surface area contributed by atoms with Gasteiger partial charge in [-0.3, -0.25) is 8.99 Å². The van der Waals surface area contributed by atoms with Gasteiger partial charge in [-0.25, -0.2) is 8.42 Å². The van der Waals surface area contributed by atoms with Crippen molar-refractivity contribution in [3.8, 4) is 0 Å². The molecule has 0 spiro atoms. The number of fused-ring (bicyclic) bond motifs is 1. The maximum Gasteiger partial charge on any atom is 0.416 e. The average molecular weight is 510 g/mol. The van der Waals surface area contributed by atoms with E-state index in [1.54, 1.807) is 24.4 Å². The molecule has 0 bridgehead atoms. The standard InChI is InChI=1S/C25H30F3N3O3S/c1-17(2)15-31(23-6-4-21(12-18(23)3)25(26,27)28)35(32,33)22-5-7-24-20(13-22)14-29-30(24)16-19-8-10-34-11-9-19/h4-7,12-14,17,19H,8-11,15-16H2,1-3H3. The summed E-state index contributed by atoms with van der Waals surface area (Å²) in [5.41, 5.74) is 0.520. The summed E-state index contributed by atoms with van der Waals surface area (Å²) in [6.45, 7) is 7.58. The Bertz CT molecular complexity index is 1300. The summed E-state index contributed by atoms with van der Waals surface area (Å²) in [5, 5.41) is 5.17.